The van der Waals surface area contributed by atoms with Crippen LogP contribution in [0.4, 0.5) is 0 Å². The van der Waals surface area contributed by atoms with Crippen molar-refractivity contribution in [2.45, 2.75) is 19.9 Å². The van der Waals surface area contributed by atoms with Gasteiger partial charge in [0.25, 0.3) is 5.91 Å². The molecule has 0 saturated heterocycles. The van der Waals surface area contributed by atoms with Gasteiger partial charge >= 0.3 is 0 Å². The molecule has 1 aromatic heterocycles. The number of hydrogen-bond donors (Lipinski definition) is 1. The number of nitrogens with one attached hydrogen (secondary N) is 1. The number of nitrogens with zero attached hydrogens (tertiary/aromatic N) is 2. The van der Waals surface area contributed by atoms with Gasteiger partial charge in [-0.2, -0.15) is 5.10 Å². The molecule has 1 N–H and O–H groups in total. The van der Waals surface area contributed by atoms with E-state index in [1.807, 2.05) is 97.4 Å². The van der Waals surface area contributed by atoms with Crippen molar-refractivity contribution in [1.82, 2.24) is 15.1 Å². The van der Waals surface area contributed by atoms with Crippen molar-refractivity contribution < 1.29 is 14.3 Å². The second-order valence-electron chi connectivity index (χ2n) is 7.73. The van der Waals surface area contributed by atoms with E-state index in [1.54, 1.807) is 14.2 Å². The Morgan fingerprint density at radius 3 is 2.24 bits per heavy atom. The minimum atomic E-state index is -0.314. The number of aromatic nitrogens is 2. The number of rotatable bonds is 7. The van der Waals surface area contributed by atoms with Crippen LogP contribution in [0.5, 0.6) is 11.5 Å². The summed E-state index contributed by atoms with van der Waals surface area (Å²) in [5.41, 5.74) is 4.56. The summed E-state index contributed by atoms with van der Waals surface area (Å²) in [4.78, 5) is 13.6. The van der Waals surface area contributed by atoms with Gasteiger partial charge < -0.3 is 14.8 Å². The van der Waals surface area contributed by atoms with E-state index in [0.717, 1.165) is 22.5 Å². The monoisotopic (exact) mass is 441 g/mol. The lowest BCUT2D eigenvalue weighted by Crippen LogP contribution is -2.28. The largest absolute Gasteiger partial charge is 0.497 e. The van der Waals surface area contributed by atoms with E-state index >= 15 is 0 Å². The summed E-state index contributed by atoms with van der Waals surface area (Å²) >= 11 is 0. The van der Waals surface area contributed by atoms with Gasteiger partial charge in [-0.25, -0.2) is 4.68 Å². The van der Waals surface area contributed by atoms with Crippen LogP contribution in [0.2, 0.25) is 0 Å². The molecule has 6 heteroatoms. The Morgan fingerprint density at radius 1 is 0.939 bits per heavy atom. The molecule has 1 heterocycles. The number of hydrogen-bond acceptors (Lipinski definition) is 4. The number of carbonyl (C=O) groups is 1. The zero-order valence-electron chi connectivity index (χ0n) is 19.2. The Kier molecular flexibility index (Phi) is 6.45. The summed E-state index contributed by atoms with van der Waals surface area (Å²) in [6.07, 6.45) is 0. The van der Waals surface area contributed by atoms with Crippen molar-refractivity contribution >= 4 is 5.91 Å². The minimum Gasteiger partial charge on any atom is -0.497 e. The summed E-state index contributed by atoms with van der Waals surface area (Å²) in [6, 6.07) is 24.8. The Hall–Kier alpha value is -4.06. The van der Waals surface area contributed by atoms with Crippen LogP contribution in [-0.2, 0) is 0 Å². The molecule has 0 aliphatic carbocycles. The Labute approximate surface area is 193 Å². The van der Waals surface area contributed by atoms with Crippen LogP contribution in [0.3, 0.4) is 0 Å². The predicted molar refractivity (Wildman–Crippen MR) is 129 cm³/mol. The fraction of sp³-hybridized carbons (Fsp3) is 0.185. The molecule has 168 valence electrons. The number of benzene rings is 3. The molecule has 1 amide bonds. The van der Waals surface area contributed by atoms with Crippen molar-refractivity contribution in [2.75, 3.05) is 14.2 Å². The zero-order valence-corrected chi connectivity index (χ0v) is 19.2. The summed E-state index contributed by atoms with van der Waals surface area (Å²) < 4.78 is 12.7. The highest BCUT2D eigenvalue weighted by Gasteiger charge is 2.25. The molecule has 1 unspecified atom stereocenters. The van der Waals surface area contributed by atoms with Crippen molar-refractivity contribution in [3.63, 3.8) is 0 Å². The first-order valence-corrected chi connectivity index (χ1v) is 10.8. The first-order valence-electron chi connectivity index (χ1n) is 10.8. The fourth-order valence-corrected chi connectivity index (χ4v) is 3.92. The second kappa shape index (κ2) is 9.61. The van der Waals surface area contributed by atoms with Crippen molar-refractivity contribution in [1.29, 1.82) is 0 Å². The van der Waals surface area contributed by atoms with Gasteiger partial charge in [-0.05, 0) is 44.2 Å². The van der Waals surface area contributed by atoms with Crippen LogP contribution in [0.25, 0.3) is 16.9 Å². The molecular formula is C27H27N3O3. The maximum atomic E-state index is 13.6. The van der Waals surface area contributed by atoms with Gasteiger partial charge in [0.15, 0.2) is 0 Å². The first kappa shape index (κ1) is 22.1. The molecular weight excluding hydrogens is 414 g/mol. The van der Waals surface area contributed by atoms with Crippen LogP contribution in [0, 0.1) is 6.92 Å². The van der Waals surface area contributed by atoms with Gasteiger partial charge in [0.1, 0.15) is 17.2 Å². The minimum absolute atomic E-state index is 0.203. The summed E-state index contributed by atoms with van der Waals surface area (Å²) in [7, 11) is 3.23. The quantitative estimate of drug-likeness (QED) is 0.420. The molecule has 0 saturated carbocycles. The van der Waals surface area contributed by atoms with Gasteiger partial charge in [0, 0.05) is 11.1 Å². The highest BCUT2D eigenvalue weighted by molar-refractivity contribution is 6.01. The lowest BCUT2D eigenvalue weighted by Gasteiger charge is -2.18. The molecule has 0 aliphatic rings. The molecule has 1 atom stereocenters. The van der Waals surface area contributed by atoms with E-state index in [-0.39, 0.29) is 11.9 Å². The van der Waals surface area contributed by atoms with E-state index in [0.29, 0.717) is 22.8 Å². The molecule has 0 radical (unpaired) electrons. The van der Waals surface area contributed by atoms with E-state index in [9.17, 15) is 4.79 Å². The molecule has 6 nitrogen and oxygen atoms in total. The van der Waals surface area contributed by atoms with Crippen LogP contribution < -0.4 is 14.8 Å². The van der Waals surface area contributed by atoms with Gasteiger partial charge in [-0.1, -0.05) is 48.5 Å². The number of ether oxygens (including phenoxy) is 2. The second-order valence-corrected chi connectivity index (χ2v) is 7.73. The van der Waals surface area contributed by atoms with Gasteiger partial charge in [0.05, 0.1) is 37.2 Å². The topological polar surface area (TPSA) is 65.4 Å². The average Bonchev–Trinajstić information content (AvgIpc) is 3.21. The van der Waals surface area contributed by atoms with Crippen molar-refractivity contribution in [2.24, 2.45) is 0 Å². The van der Waals surface area contributed by atoms with Crippen molar-refractivity contribution in [3.8, 4) is 28.4 Å². The number of para-hydroxylation sites is 1. The summed E-state index contributed by atoms with van der Waals surface area (Å²) in [5.74, 6) is 1.18. The first-order chi connectivity index (χ1) is 16.0. The van der Waals surface area contributed by atoms with Crippen LogP contribution in [0.1, 0.15) is 34.6 Å². The molecule has 4 aromatic rings. The van der Waals surface area contributed by atoms with Crippen LogP contribution >= 0.6 is 0 Å². The SMILES string of the molecule is COc1ccc(OC)c(C(C)NC(=O)c2c(-c3ccccc3)nn(-c3ccccc3)c2C)c1. The summed E-state index contributed by atoms with van der Waals surface area (Å²) in [6.45, 7) is 3.84. The smallest absolute Gasteiger partial charge is 0.255 e. The molecule has 0 bridgehead atoms. The third-order valence-electron chi connectivity index (χ3n) is 5.64. The van der Waals surface area contributed by atoms with Crippen LogP contribution in [0.15, 0.2) is 78.9 Å². The lowest BCUT2D eigenvalue weighted by atomic mass is 10.0. The number of amides is 1. The average molecular weight is 442 g/mol. The lowest BCUT2D eigenvalue weighted by molar-refractivity contribution is 0.0939. The normalized spacial score (nSPS) is 11.6. The van der Waals surface area contributed by atoms with Crippen molar-refractivity contribution in [3.05, 3.63) is 95.7 Å². The Morgan fingerprint density at radius 2 is 1.61 bits per heavy atom. The molecule has 4 rings (SSSR count). The fourth-order valence-electron chi connectivity index (χ4n) is 3.92. The third-order valence-corrected chi connectivity index (χ3v) is 5.64. The highest BCUT2D eigenvalue weighted by atomic mass is 16.5. The third kappa shape index (κ3) is 4.46. The van der Waals surface area contributed by atoms with E-state index in [1.165, 1.54) is 0 Å². The maximum absolute atomic E-state index is 13.6. The predicted octanol–water partition coefficient (Wildman–Crippen LogP) is 5.36. The van der Waals surface area contributed by atoms with Gasteiger partial charge in [-0.15, -0.1) is 0 Å². The highest BCUT2D eigenvalue weighted by Crippen LogP contribution is 2.31. The molecule has 33 heavy (non-hydrogen) atoms. The Balaban J connectivity index is 1.75. The maximum Gasteiger partial charge on any atom is 0.255 e. The number of carbonyl (C=O) groups excluding carboxylic acids is 1. The molecule has 0 aliphatic heterocycles. The number of methoxy groups -OCH3 is 2. The van der Waals surface area contributed by atoms with Gasteiger partial charge in [-0.3, -0.25) is 4.79 Å². The van der Waals surface area contributed by atoms with Gasteiger partial charge in [0.2, 0.25) is 0 Å². The summed E-state index contributed by atoms with van der Waals surface area (Å²) in [5, 5.41) is 7.95. The van der Waals surface area contributed by atoms with E-state index in [4.69, 9.17) is 14.6 Å². The van der Waals surface area contributed by atoms with E-state index in [2.05, 4.69) is 5.32 Å². The Bertz CT molecular complexity index is 1250. The standard InChI is InChI=1S/C27H27N3O3/c1-18(23-17-22(32-3)15-16-24(23)33-4)28-27(31)25-19(2)30(21-13-9-6-10-14-21)29-26(25)20-11-7-5-8-12-20/h5-18H,1-4H3,(H,28,31). The molecule has 0 fully saturated rings. The van der Waals surface area contributed by atoms with E-state index < -0.39 is 0 Å². The van der Waals surface area contributed by atoms with Crippen LogP contribution in [-0.4, -0.2) is 29.9 Å². The zero-order chi connectivity index (χ0) is 23.4. The molecule has 3 aromatic carbocycles. The molecule has 0 spiro atoms.